The molecule has 0 aromatic heterocycles. The normalized spacial score (nSPS) is 21.7. The number of aliphatic hydroxyl groups is 1. The molecule has 158 valence electrons. The van der Waals surface area contributed by atoms with Gasteiger partial charge in [0.2, 0.25) is 0 Å². The maximum absolute atomic E-state index is 13.1. The molecule has 2 aliphatic heterocycles. The summed E-state index contributed by atoms with van der Waals surface area (Å²) >= 11 is 0. The quantitative estimate of drug-likeness (QED) is 0.705. The Kier molecular flexibility index (Phi) is 5.50. The van der Waals surface area contributed by atoms with Crippen LogP contribution < -0.4 is 19.5 Å². The first-order valence-corrected chi connectivity index (χ1v) is 9.87. The van der Waals surface area contributed by atoms with Crippen molar-refractivity contribution in [2.24, 2.45) is 0 Å². The lowest BCUT2D eigenvalue weighted by Crippen LogP contribution is -2.42. The predicted octanol–water partition coefficient (Wildman–Crippen LogP) is 2.05. The molecule has 30 heavy (non-hydrogen) atoms. The number of rotatable bonds is 6. The fraction of sp³-hybridized carbons (Fsp3) is 0.364. The largest absolute Gasteiger partial charge is 0.491 e. The second-order valence-corrected chi connectivity index (χ2v) is 7.46. The standard InChI is InChI=1S/C22H24N2O6/c1-22(15-8-9-18-19(12-15)29-11-5-10-28-18)20(26)24(21(27)23-22)13-16(25)14-30-17-6-3-2-4-7-17/h2-4,6-9,12,16,25H,5,10-11,13-14H2,1H3,(H,23,27)/t16-,22+/m1/s1. The summed E-state index contributed by atoms with van der Waals surface area (Å²) in [6, 6.07) is 13.7. The zero-order chi connectivity index (χ0) is 21.1. The number of nitrogens with one attached hydrogen (secondary N) is 1. The highest BCUT2D eigenvalue weighted by Gasteiger charge is 2.49. The van der Waals surface area contributed by atoms with Crippen LogP contribution in [0.1, 0.15) is 18.9 Å². The van der Waals surface area contributed by atoms with Crippen molar-refractivity contribution in [1.29, 1.82) is 0 Å². The number of ether oxygens (including phenoxy) is 3. The van der Waals surface area contributed by atoms with E-state index in [1.807, 2.05) is 18.2 Å². The van der Waals surface area contributed by atoms with Crippen molar-refractivity contribution < 1.29 is 28.9 Å². The molecule has 2 heterocycles. The van der Waals surface area contributed by atoms with Crippen LogP contribution in [0.5, 0.6) is 17.2 Å². The number of aliphatic hydroxyl groups excluding tert-OH is 1. The number of para-hydroxylation sites is 1. The Balaban J connectivity index is 1.45. The molecule has 4 rings (SSSR count). The lowest BCUT2D eigenvalue weighted by atomic mass is 9.91. The van der Waals surface area contributed by atoms with Gasteiger partial charge in [0, 0.05) is 6.42 Å². The van der Waals surface area contributed by atoms with Gasteiger partial charge in [0.25, 0.3) is 5.91 Å². The molecule has 0 saturated carbocycles. The third-order valence-electron chi connectivity index (χ3n) is 5.18. The summed E-state index contributed by atoms with van der Waals surface area (Å²) in [7, 11) is 0. The van der Waals surface area contributed by atoms with Gasteiger partial charge in [-0.2, -0.15) is 0 Å². The summed E-state index contributed by atoms with van der Waals surface area (Å²) in [5, 5.41) is 13.0. The summed E-state index contributed by atoms with van der Waals surface area (Å²) < 4.78 is 16.8. The highest BCUT2D eigenvalue weighted by molar-refractivity contribution is 6.07. The number of benzene rings is 2. The zero-order valence-corrected chi connectivity index (χ0v) is 16.7. The van der Waals surface area contributed by atoms with E-state index in [-0.39, 0.29) is 13.2 Å². The van der Waals surface area contributed by atoms with Gasteiger partial charge in [-0.3, -0.25) is 9.69 Å². The summed E-state index contributed by atoms with van der Waals surface area (Å²) in [5.74, 6) is 1.32. The maximum atomic E-state index is 13.1. The topological polar surface area (TPSA) is 97.3 Å². The van der Waals surface area contributed by atoms with E-state index >= 15 is 0 Å². The van der Waals surface area contributed by atoms with Crippen LogP contribution in [0.3, 0.4) is 0 Å². The summed E-state index contributed by atoms with van der Waals surface area (Å²) in [6.07, 6.45) is -0.251. The van der Waals surface area contributed by atoms with E-state index < -0.39 is 23.6 Å². The number of amides is 3. The van der Waals surface area contributed by atoms with Gasteiger partial charge in [-0.05, 0) is 36.8 Å². The third-order valence-corrected chi connectivity index (χ3v) is 5.18. The second kappa shape index (κ2) is 8.23. The van der Waals surface area contributed by atoms with E-state index in [1.165, 1.54) is 0 Å². The van der Waals surface area contributed by atoms with Crippen molar-refractivity contribution in [2.45, 2.75) is 25.0 Å². The summed E-state index contributed by atoms with van der Waals surface area (Å²) in [6.45, 7) is 2.52. The Bertz CT molecular complexity index is 934. The number of urea groups is 1. The van der Waals surface area contributed by atoms with Crippen LogP contribution >= 0.6 is 0 Å². The Morgan fingerprint density at radius 1 is 1.13 bits per heavy atom. The number of hydrogen-bond acceptors (Lipinski definition) is 6. The van der Waals surface area contributed by atoms with Gasteiger partial charge in [-0.1, -0.05) is 24.3 Å². The Morgan fingerprint density at radius 2 is 1.87 bits per heavy atom. The van der Waals surface area contributed by atoms with Crippen LogP contribution in [0.25, 0.3) is 0 Å². The molecular weight excluding hydrogens is 388 g/mol. The average molecular weight is 412 g/mol. The fourth-order valence-corrected chi connectivity index (χ4v) is 3.51. The van der Waals surface area contributed by atoms with Crippen LogP contribution in [0.15, 0.2) is 48.5 Å². The van der Waals surface area contributed by atoms with E-state index in [9.17, 15) is 14.7 Å². The number of β-amino-alcohol motifs (C(OH)–C–C–N with tert-alkyl or cyclic N) is 1. The van der Waals surface area contributed by atoms with Gasteiger partial charge < -0.3 is 24.6 Å². The number of hydrogen-bond donors (Lipinski definition) is 2. The van der Waals surface area contributed by atoms with E-state index in [0.717, 1.165) is 11.3 Å². The van der Waals surface area contributed by atoms with E-state index in [0.29, 0.717) is 36.0 Å². The molecule has 8 heteroatoms. The van der Waals surface area contributed by atoms with Gasteiger partial charge in [-0.25, -0.2) is 4.79 Å². The van der Waals surface area contributed by atoms with Gasteiger partial charge in [0.05, 0.1) is 19.8 Å². The molecule has 2 atom stereocenters. The van der Waals surface area contributed by atoms with Crippen LogP contribution in [0.4, 0.5) is 4.79 Å². The molecule has 0 aliphatic carbocycles. The number of carbonyl (C=O) groups excluding carboxylic acids is 2. The molecular formula is C22H24N2O6. The van der Waals surface area contributed by atoms with Crippen molar-refractivity contribution in [3.63, 3.8) is 0 Å². The van der Waals surface area contributed by atoms with Crippen molar-refractivity contribution in [3.05, 3.63) is 54.1 Å². The number of nitrogens with zero attached hydrogens (tertiary/aromatic N) is 1. The summed E-state index contributed by atoms with van der Waals surface area (Å²) in [4.78, 5) is 26.6. The zero-order valence-electron chi connectivity index (χ0n) is 16.7. The highest BCUT2D eigenvalue weighted by atomic mass is 16.5. The molecule has 1 saturated heterocycles. The maximum Gasteiger partial charge on any atom is 0.325 e. The number of fused-ring (bicyclic) bond motifs is 1. The Morgan fingerprint density at radius 3 is 2.63 bits per heavy atom. The average Bonchev–Trinajstić information content (AvgIpc) is 2.92. The SMILES string of the molecule is C[C@@]1(c2ccc3c(c2)OCCCO3)NC(=O)N(C[C@@H](O)COc2ccccc2)C1=O. The van der Waals surface area contributed by atoms with Crippen LogP contribution in [0, 0.1) is 0 Å². The first-order chi connectivity index (χ1) is 14.5. The highest BCUT2D eigenvalue weighted by Crippen LogP contribution is 2.36. The Hall–Kier alpha value is -3.26. The summed E-state index contributed by atoms with van der Waals surface area (Å²) in [5.41, 5.74) is -0.676. The molecule has 0 spiro atoms. The first kappa shape index (κ1) is 20.0. The minimum Gasteiger partial charge on any atom is -0.491 e. The smallest absolute Gasteiger partial charge is 0.325 e. The molecule has 0 unspecified atom stereocenters. The molecule has 2 aromatic carbocycles. The van der Waals surface area contributed by atoms with Crippen molar-refractivity contribution in [1.82, 2.24) is 10.2 Å². The van der Waals surface area contributed by atoms with Gasteiger partial charge in [0.1, 0.15) is 24.0 Å². The van der Waals surface area contributed by atoms with Crippen molar-refractivity contribution >= 4 is 11.9 Å². The molecule has 0 radical (unpaired) electrons. The van der Waals surface area contributed by atoms with E-state index in [1.54, 1.807) is 37.3 Å². The van der Waals surface area contributed by atoms with E-state index in [2.05, 4.69) is 5.32 Å². The Labute approximate surface area is 174 Å². The fourth-order valence-electron chi connectivity index (χ4n) is 3.51. The monoisotopic (exact) mass is 412 g/mol. The molecule has 1 fully saturated rings. The molecule has 8 nitrogen and oxygen atoms in total. The molecule has 0 bridgehead atoms. The molecule has 2 aliphatic rings. The minimum absolute atomic E-state index is 0.0399. The molecule has 3 amide bonds. The first-order valence-electron chi connectivity index (χ1n) is 9.87. The van der Waals surface area contributed by atoms with Gasteiger partial charge >= 0.3 is 6.03 Å². The number of carbonyl (C=O) groups is 2. The number of imide groups is 1. The second-order valence-electron chi connectivity index (χ2n) is 7.46. The van der Waals surface area contributed by atoms with Crippen molar-refractivity contribution in [3.8, 4) is 17.2 Å². The van der Waals surface area contributed by atoms with Gasteiger partial charge in [-0.15, -0.1) is 0 Å². The molecule has 2 aromatic rings. The van der Waals surface area contributed by atoms with Crippen LogP contribution in [-0.2, 0) is 10.3 Å². The van der Waals surface area contributed by atoms with Crippen LogP contribution in [-0.4, -0.2) is 54.4 Å². The van der Waals surface area contributed by atoms with E-state index in [4.69, 9.17) is 14.2 Å². The lowest BCUT2D eigenvalue weighted by Gasteiger charge is -2.24. The minimum atomic E-state index is -1.26. The molecule has 2 N–H and O–H groups in total. The third kappa shape index (κ3) is 3.91. The van der Waals surface area contributed by atoms with Gasteiger partial charge in [0.15, 0.2) is 11.5 Å². The van der Waals surface area contributed by atoms with Crippen LogP contribution in [0.2, 0.25) is 0 Å². The predicted molar refractivity (Wildman–Crippen MR) is 108 cm³/mol. The van der Waals surface area contributed by atoms with Crippen molar-refractivity contribution in [2.75, 3.05) is 26.4 Å². The lowest BCUT2D eigenvalue weighted by molar-refractivity contribution is -0.132.